The van der Waals surface area contributed by atoms with Crippen LogP contribution in [-0.4, -0.2) is 53.1 Å². The Hall–Kier alpha value is -2.62. The summed E-state index contributed by atoms with van der Waals surface area (Å²) < 4.78 is 33.6. The Morgan fingerprint density at radius 1 is 1.09 bits per heavy atom. The van der Waals surface area contributed by atoms with Crippen LogP contribution >= 0.6 is 0 Å². The first-order chi connectivity index (χ1) is 15.3. The molecule has 3 N–H and O–H groups in total. The topological polar surface area (TPSA) is 111 Å². The van der Waals surface area contributed by atoms with Crippen molar-refractivity contribution in [3.63, 3.8) is 0 Å². The Bertz CT molecular complexity index is 1010. The number of rotatable bonds is 9. The zero-order valence-corrected chi connectivity index (χ0v) is 19.4. The molecule has 1 saturated heterocycles. The van der Waals surface area contributed by atoms with Crippen LogP contribution in [0.1, 0.15) is 24.8 Å². The van der Waals surface area contributed by atoms with Crippen molar-refractivity contribution in [3.8, 4) is 11.5 Å². The Labute approximate surface area is 189 Å². The highest BCUT2D eigenvalue weighted by Gasteiger charge is 2.21. The summed E-state index contributed by atoms with van der Waals surface area (Å²) in [5, 5.41) is 7.91. The molecule has 0 bridgehead atoms. The van der Waals surface area contributed by atoms with Crippen LogP contribution in [0.3, 0.4) is 0 Å². The molecule has 0 atom stereocenters. The largest absolute Gasteiger partial charge is 0.497 e. The summed E-state index contributed by atoms with van der Waals surface area (Å²) in [6.07, 6.45) is 4.11. The van der Waals surface area contributed by atoms with E-state index in [-0.39, 0.29) is 17.3 Å². The molecule has 0 aromatic heterocycles. The monoisotopic (exact) mass is 461 g/mol. The normalized spacial score (nSPS) is 15.3. The van der Waals surface area contributed by atoms with Crippen LogP contribution in [0, 0.1) is 5.92 Å². The van der Waals surface area contributed by atoms with Gasteiger partial charge in [0.1, 0.15) is 11.5 Å². The number of hydrogen-bond donors (Lipinski definition) is 2. The van der Waals surface area contributed by atoms with Crippen molar-refractivity contribution >= 4 is 21.6 Å². The molecule has 2 aromatic rings. The van der Waals surface area contributed by atoms with Crippen molar-refractivity contribution < 1.29 is 22.7 Å². The summed E-state index contributed by atoms with van der Waals surface area (Å²) in [7, 11) is -0.496. The number of carbonyl (C=O) groups is 1. The molecule has 0 unspecified atom stereocenters. The van der Waals surface area contributed by atoms with Gasteiger partial charge in [0.2, 0.25) is 15.9 Å². The molecule has 8 nitrogen and oxygen atoms in total. The highest BCUT2D eigenvalue weighted by atomic mass is 32.2. The molecule has 32 heavy (non-hydrogen) atoms. The molecule has 1 heterocycles. The second-order valence-electron chi connectivity index (χ2n) is 8.10. The van der Waals surface area contributed by atoms with Crippen LogP contribution in [0.2, 0.25) is 0 Å². The van der Waals surface area contributed by atoms with Gasteiger partial charge in [-0.25, -0.2) is 13.6 Å². The van der Waals surface area contributed by atoms with Crippen LogP contribution in [0.25, 0.3) is 0 Å². The summed E-state index contributed by atoms with van der Waals surface area (Å²) in [5.74, 6) is 2.04. The zero-order chi connectivity index (χ0) is 23.1. The van der Waals surface area contributed by atoms with E-state index in [0.29, 0.717) is 11.6 Å². The van der Waals surface area contributed by atoms with Crippen LogP contribution < -0.4 is 19.9 Å². The van der Waals surface area contributed by atoms with E-state index in [1.54, 1.807) is 26.4 Å². The van der Waals surface area contributed by atoms with Crippen LogP contribution in [0.4, 0.5) is 5.69 Å². The average Bonchev–Trinajstić information content (AvgIpc) is 2.78. The summed E-state index contributed by atoms with van der Waals surface area (Å²) in [6, 6.07) is 11.9. The second kappa shape index (κ2) is 10.8. The van der Waals surface area contributed by atoms with Crippen LogP contribution in [0.5, 0.6) is 11.5 Å². The SMILES string of the molecule is COc1cc(CCC2CCN(CC(=O)Nc3cccc(S(N)(=O)=O)c3)CC2)cc(OC)c1. The Morgan fingerprint density at radius 3 is 2.34 bits per heavy atom. The van der Waals surface area contributed by atoms with Gasteiger partial charge in [-0.1, -0.05) is 6.07 Å². The fraction of sp³-hybridized carbons (Fsp3) is 0.435. The lowest BCUT2D eigenvalue weighted by Crippen LogP contribution is -2.39. The third kappa shape index (κ3) is 6.94. The van der Waals surface area contributed by atoms with E-state index in [9.17, 15) is 13.2 Å². The molecule has 0 radical (unpaired) electrons. The van der Waals surface area contributed by atoms with Crippen molar-refractivity contribution in [1.82, 2.24) is 4.90 Å². The standard InChI is InChI=1S/C23H31N3O5S/c1-30-20-12-18(13-21(15-20)31-2)7-6-17-8-10-26(11-9-17)16-23(27)25-19-4-3-5-22(14-19)32(24,28)29/h3-5,12-15,17H,6-11,16H2,1-2H3,(H,25,27)(H2,24,28,29). The number of benzene rings is 2. The molecule has 1 amide bonds. The number of nitrogens with one attached hydrogen (secondary N) is 1. The third-order valence-electron chi connectivity index (χ3n) is 5.77. The fourth-order valence-electron chi connectivity index (χ4n) is 3.97. The number of likely N-dealkylation sites (tertiary alicyclic amines) is 1. The molecule has 3 rings (SSSR count). The van der Waals surface area contributed by atoms with Gasteiger partial charge in [-0.05, 0) is 80.6 Å². The van der Waals surface area contributed by atoms with Gasteiger partial charge in [-0.15, -0.1) is 0 Å². The van der Waals surface area contributed by atoms with Crippen molar-refractivity contribution in [2.75, 3.05) is 39.2 Å². The Kier molecular flexibility index (Phi) is 8.11. The summed E-state index contributed by atoms with van der Waals surface area (Å²) in [6.45, 7) is 1.99. The number of anilines is 1. The number of ether oxygens (including phenoxy) is 2. The fourth-order valence-corrected chi connectivity index (χ4v) is 4.53. The van der Waals surface area contributed by atoms with Gasteiger partial charge >= 0.3 is 0 Å². The molecule has 0 aliphatic carbocycles. The van der Waals surface area contributed by atoms with Gasteiger partial charge in [0.25, 0.3) is 0 Å². The number of amides is 1. The number of nitrogens with zero attached hydrogens (tertiary/aromatic N) is 1. The first kappa shape index (κ1) is 24.0. The van der Waals surface area contributed by atoms with E-state index in [2.05, 4.69) is 10.2 Å². The number of sulfonamides is 1. The molecule has 0 saturated carbocycles. The number of aryl methyl sites for hydroxylation is 1. The second-order valence-corrected chi connectivity index (χ2v) is 9.66. The quantitative estimate of drug-likeness (QED) is 0.594. The van der Waals surface area contributed by atoms with Gasteiger partial charge in [0.05, 0.1) is 25.7 Å². The lowest BCUT2D eigenvalue weighted by Gasteiger charge is -2.31. The minimum absolute atomic E-state index is 0.0234. The molecule has 174 valence electrons. The number of nitrogens with two attached hydrogens (primary N) is 1. The minimum atomic E-state index is -3.80. The Morgan fingerprint density at radius 2 is 1.75 bits per heavy atom. The number of hydrogen-bond acceptors (Lipinski definition) is 6. The van der Waals surface area contributed by atoms with Crippen molar-refractivity contribution in [2.24, 2.45) is 11.1 Å². The predicted molar refractivity (Wildman–Crippen MR) is 123 cm³/mol. The maximum Gasteiger partial charge on any atom is 0.238 e. The zero-order valence-electron chi connectivity index (χ0n) is 18.5. The van der Waals surface area contributed by atoms with E-state index >= 15 is 0 Å². The number of methoxy groups -OCH3 is 2. The molecule has 9 heteroatoms. The predicted octanol–water partition coefficient (Wildman–Crippen LogP) is 2.63. The first-order valence-electron chi connectivity index (χ1n) is 10.6. The van der Waals surface area contributed by atoms with Gasteiger partial charge in [0.15, 0.2) is 0 Å². The summed E-state index contributed by atoms with van der Waals surface area (Å²) in [5.41, 5.74) is 1.62. The van der Waals surface area contributed by atoms with Crippen molar-refractivity contribution in [1.29, 1.82) is 0 Å². The van der Waals surface area contributed by atoms with E-state index < -0.39 is 10.0 Å². The lowest BCUT2D eigenvalue weighted by atomic mass is 9.90. The highest BCUT2D eigenvalue weighted by molar-refractivity contribution is 7.89. The van der Waals surface area contributed by atoms with E-state index in [1.165, 1.54) is 17.7 Å². The first-order valence-corrected chi connectivity index (χ1v) is 12.2. The molecule has 0 spiro atoms. The molecular formula is C23H31N3O5S. The summed E-state index contributed by atoms with van der Waals surface area (Å²) >= 11 is 0. The Balaban J connectivity index is 1.44. The van der Waals surface area contributed by atoms with Gasteiger partial charge in [-0.2, -0.15) is 0 Å². The van der Waals surface area contributed by atoms with Gasteiger partial charge in [0, 0.05) is 11.8 Å². The minimum Gasteiger partial charge on any atom is -0.497 e. The maximum absolute atomic E-state index is 12.4. The number of piperidine rings is 1. The van der Waals surface area contributed by atoms with Gasteiger partial charge in [-0.3, -0.25) is 9.69 Å². The van der Waals surface area contributed by atoms with Crippen LogP contribution in [-0.2, 0) is 21.2 Å². The van der Waals surface area contributed by atoms with Crippen LogP contribution in [0.15, 0.2) is 47.4 Å². The smallest absolute Gasteiger partial charge is 0.238 e. The number of primary sulfonamides is 1. The maximum atomic E-state index is 12.4. The molecule has 1 aliphatic rings. The molecular weight excluding hydrogens is 430 g/mol. The highest BCUT2D eigenvalue weighted by Crippen LogP contribution is 2.27. The third-order valence-corrected chi connectivity index (χ3v) is 6.68. The molecule has 2 aromatic carbocycles. The van der Waals surface area contributed by atoms with E-state index in [0.717, 1.165) is 50.3 Å². The lowest BCUT2D eigenvalue weighted by molar-refractivity contribution is -0.117. The van der Waals surface area contributed by atoms with E-state index in [4.69, 9.17) is 14.6 Å². The average molecular weight is 462 g/mol. The molecule has 1 aliphatic heterocycles. The van der Waals surface area contributed by atoms with Crippen molar-refractivity contribution in [3.05, 3.63) is 48.0 Å². The molecule has 1 fully saturated rings. The van der Waals surface area contributed by atoms with E-state index in [1.807, 2.05) is 18.2 Å². The van der Waals surface area contributed by atoms with Gasteiger partial charge < -0.3 is 14.8 Å². The van der Waals surface area contributed by atoms with Crippen molar-refractivity contribution in [2.45, 2.75) is 30.6 Å². The summed E-state index contributed by atoms with van der Waals surface area (Å²) in [4.78, 5) is 14.5. The number of carbonyl (C=O) groups excluding carboxylic acids is 1.